The molecule has 0 aliphatic carbocycles. The Hall–Kier alpha value is -2.89. The SMILES string of the molecule is O=C(O)c1ccc(C=Cc2ccc([N+](=O)[O-])o2)cc1. The second kappa shape index (κ2) is 5.18. The molecule has 1 aromatic heterocycles. The Bertz CT molecular complexity index is 639. The first-order chi connectivity index (χ1) is 9.06. The van der Waals surface area contributed by atoms with E-state index in [1.165, 1.54) is 24.3 Å². The van der Waals surface area contributed by atoms with Crippen LogP contribution in [0, 0.1) is 10.1 Å². The number of aromatic carboxylic acids is 1. The summed E-state index contributed by atoms with van der Waals surface area (Å²) < 4.78 is 4.95. The van der Waals surface area contributed by atoms with Crippen molar-refractivity contribution in [2.24, 2.45) is 0 Å². The molecule has 0 aliphatic heterocycles. The highest BCUT2D eigenvalue weighted by atomic mass is 16.6. The van der Waals surface area contributed by atoms with Gasteiger partial charge in [0, 0.05) is 0 Å². The van der Waals surface area contributed by atoms with E-state index in [1.54, 1.807) is 24.3 Å². The Kier molecular flexibility index (Phi) is 3.42. The minimum Gasteiger partial charge on any atom is -0.478 e. The quantitative estimate of drug-likeness (QED) is 0.672. The predicted molar refractivity (Wildman–Crippen MR) is 67.7 cm³/mol. The van der Waals surface area contributed by atoms with E-state index in [4.69, 9.17) is 9.52 Å². The molecule has 1 heterocycles. The van der Waals surface area contributed by atoms with Gasteiger partial charge in [0.2, 0.25) is 0 Å². The van der Waals surface area contributed by atoms with E-state index < -0.39 is 10.9 Å². The minimum atomic E-state index is -0.989. The van der Waals surface area contributed by atoms with Crippen molar-refractivity contribution >= 4 is 24.0 Å². The van der Waals surface area contributed by atoms with Gasteiger partial charge in [-0.05, 0) is 29.8 Å². The van der Waals surface area contributed by atoms with Gasteiger partial charge in [0.25, 0.3) is 0 Å². The van der Waals surface area contributed by atoms with E-state index in [2.05, 4.69) is 0 Å². The maximum atomic E-state index is 10.7. The lowest BCUT2D eigenvalue weighted by atomic mass is 10.1. The fourth-order valence-corrected chi connectivity index (χ4v) is 1.45. The maximum absolute atomic E-state index is 10.7. The highest BCUT2D eigenvalue weighted by Gasteiger charge is 2.09. The number of nitro groups is 1. The van der Waals surface area contributed by atoms with E-state index in [-0.39, 0.29) is 11.4 Å². The molecular formula is C13H9NO5. The van der Waals surface area contributed by atoms with Crippen LogP contribution in [0.2, 0.25) is 0 Å². The zero-order valence-corrected chi connectivity index (χ0v) is 9.65. The number of rotatable bonds is 4. The molecule has 6 nitrogen and oxygen atoms in total. The van der Waals surface area contributed by atoms with Gasteiger partial charge < -0.3 is 9.52 Å². The second-order valence-electron chi connectivity index (χ2n) is 3.69. The molecule has 19 heavy (non-hydrogen) atoms. The van der Waals surface area contributed by atoms with Crippen LogP contribution in [0.1, 0.15) is 21.7 Å². The summed E-state index contributed by atoms with van der Waals surface area (Å²) in [5, 5.41) is 19.2. The normalized spacial score (nSPS) is 10.7. The van der Waals surface area contributed by atoms with Crippen LogP contribution in [0.25, 0.3) is 12.2 Å². The summed E-state index contributed by atoms with van der Waals surface area (Å²) in [7, 11) is 0. The molecule has 0 unspecified atom stereocenters. The van der Waals surface area contributed by atoms with E-state index in [0.717, 1.165) is 5.56 Å². The molecule has 0 spiro atoms. The summed E-state index contributed by atoms with van der Waals surface area (Å²) in [6.07, 6.45) is 3.25. The molecular weight excluding hydrogens is 250 g/mol. The van der Waals surface area contributed by atoms with Crippen molar-refractivity contribution in [2.45, 2.75) is 0 Å². The van der Waals surface area contributed by atoms with Crippen molar-refractivity contribution in [3.8, 4) is 0 Å². The first-order valence-electron chi connectivity index (χ1n) is 5.32. The van der Waals surface area contributed by atoms with Gasteiger partial charge in [-0.15, -0.1) is 0 Å². The second-order valence-corrected chi connectivity index (χ2v) is 3.69. The van der Waals surface area contributed by atoms with Crippen LogP contribution in [0.15, 0.2) is 40.8 Å². The van der Waals surface area contributed by atoms with E-state index in [9.17, 15) is 14.9 Å². The number of hydrogen-bond acceptors (Lipinski definition) is 4. The van der Waals surface area contributed by atoms with Crippen molar-refractivity contribution in [2.75, 3.05) is 0 Å². The number of carbonyl (C=O) groups is 1. The molecule has 0 fully saturated rings. The van der Waals surface area contributed by atoms with E-state index in [1.807, 2.05) is 0 Å². The third kappa shape index (κ3) is 3.06. The summed E-state index contributed by atoms with van der Waals surface area (Å²) in [6, 6.07) is 8.99. The van der Waals surface area contributed by atoms with Gasteiger partial charge in [-0.2, -0.15) is 0 Å². The van der Waals surface area contributed by atoms with Gasteiger partial charge in [0.05, 0.1) is 11.6 Å². The summed E-state index contributed by atoms with van der Waals surface area (Å²) in [6.45, 7) is 0. The number of carboxylic acids is 1. The molecule has 0 saturated heterocycles. The number of carboxylic acid groups (broad SMARTS) is 1. The average molecular weight is 259 g/mol. The van der Waals surface area contributed by atoms with Crippen LogP contribution in [-0.2, 0) is 0 Å². The number of benzene rings is 1. The van der Waals surface area contributed by atoms with Gasteiger partial charge in [-0.25, -0.2) is 4.79 Å². The van der Waals surface area contributed by atoms with Crippen molar-refractivity contribution in [3.63, 3.8) is 0 Å². The summed E-state index contributed by atoms with van der Waals surface area (Å²) in [5.74, 6) is -0.952. The Morgan fingerprint density at radius 1 is 1.16 bits per heavy atom. The Balaban J connectivity index is 2.13. The van der Waals surface area contributed by atoms with Gasteiger partial charge >= 0.3 is 11.9 Å². The highest BCUT2D eigenvalue weighted by Crippen LogP contribution is 2.18. The first-order valence-corrected chi connectivity index (χ1v) is 5.32. The van der Waals surface area contributed by atoms with Gasteiger partial charge in [-0.3, -0.25) is 10.1 Å². The fourth-order valence-electron chi connectivity index (χ4n) is 1.45. The zero-order valence-electron chi connectivity index (χ0n) is 9.65. The lowest BCUT2D eigenvalue weighted by Gasteiger charge is -1.95. The largest absolute Gasteiger partial charge is 0.478 e. The molecule has 1 N–H and O–H groups in total. The van der Waals surface area contributed by atoms with Crippen LogP contribution in [0.4, 0.5) is 5.88 Å². The van der Waals surface area contributed by atoms with Crippen molar-refractivity contribution in [1.29, 1.82) is 0 Å². The van der Waals surface area contributed by atoms with Gasteiger partial charge in [0.15, 0.2) is 0 Å². The topological polar surface area (TPSA) is 93.6 Å². The van der Waals surface area contributed by atoms with Crippen LogP contribution in [0.5, 0.6) is 0 Å². The molecule has 6 heteroatoms. The third-order valence-electron chi connectivity index (χ3n) is 2.39. The zero-order chi connectivity index (χ0) is 13.8. The Morgan fingerprint density at radius 3 is 2.37 bits per heavy atom. The smallest absolute Gasteiger partial charge is 0.433 e. The minimum absolute atomic E-state index is 0.200. The van der Waals surface area contributed by atoms with E-state index >= 15 is 0 Å². The van der Waals surface area contributed by atoms with E-state index in [0.29, 0.717) is 5.76 Å². The Labute approximate surface area is 107 Å². The van der Waals surface area contributed by atoms with Crippen LogP contribution in [0.3, 0.4) is 0 Å². The molecule has 96 valence electrons. The first kappa shape index (κ1) is 12.6. The monoisotopic (exact) mass is 259 g/mol. The predicted octanol–water partition coefficient (Wildman–Crippen LogP) is 3.06. The van der Waals surface area contributed by atoms with Crippen LogP contribution >= 0.6 is 0 Å². The molecule has 0 amide bonds. The lowest BCUT2D eigenvalue weighted by Crippen LogP contribution is -1.94. The fraction of sp³-hybridized carbons (Fsp3) is 0. The van der Waals surface area contributed by atoms with Crippen LogP contribution < -0.4 is 0 Å². The lowest BCUT2D eigenvalue weighted by molar-refractivity contribution is -0.402. The summed E-state index contributed by atoms with van der Waals surface area (Å²) in [5.41, 5.74) is 0.967. The summed E-state index contributed by atoms with van der Waals surface area (Å²) in [4.78, 5) is 20.5. The van der Waals surface area contributed by atoms with Crippen molar-refractivity contribution in [3.05, 3.63) is 63.4 Å². The standard InChI is InChI=1S/C13H9NO5/c15-13(16)10-4-1-9(2-5-10)3-6-11-7-8-12(19-11)14(17)18/h1-8H,(H,15,16). The molecule has 0 atom stereocenters. The highest BCUT2D eigenvalue weighted by molar-refractivity contribution is 5.88. The molecule has 2 aromatic rings. The molecule has 2 rings (SSSR count). The van der Waals surface area contributed by atoms with Gasteiger partial charge in [0.1, 0.15) is 10.7 Å². The molecule has 0 saturated carbocycles. The number of furan rings is 1. The van der Waals surface area contributed by atoms with Crippen molar-refractivity contribution < 1.29 is 19.2 Å². The molecule has 0 bridgehead atoms. The van der Waals surface area contributed by atoms with Crippen LogP contribution in [-0.4, -0.2) is 16.0 Å². The molecule has 0 aliphatic rings. The average Bonchev–Trinajstić information content (AvgIpc) is 2.86. The number of hydrogen-bond donors (Lipinski definition) is 1. The number of nitrogens with zero attached hydrogens (tertiary/aromatic N) is 1. The van der Waals surface area contributed by atoms with Crippen molar-refractivity contribution in [1.82, 2.24) is 0 Å². The summed E-state index contributed by atoms with van der Waals surface area (Å²) >= 11 is 0. The maximum Gasteiger partial charge on any atom is 0.433 e. The van der Waals surface area contributed by atoms with Gasteiger partial charge in [-0.1, -0.05) is 18.2 Å². The molecule has 0 radical (unpaired) electrons. The Morgan fingerprint density at radius 2 is 1.84 bits per heavy atom. The third-order valence-corrected chi connectivity index (χ3v) is 2.39. The molecule has 1 aromatic carbocycles.